The average molecular weight is 570 g/mol. The number of hydrogen-bond donors (Lipinski definition) is 1. The molecule has 6 heteroatoms. The number of hydrogen-bond acceptors (Lipinski definition) is 3. The van der Waals surface area contributed by atoms with Gasteiger partial charge >= 0.3 is 0 Å². The van der Waals surface area contributed by atoms with E-state index in [-0.39, 0.29) is 11.3 Å². The van der Waals surface area contributed by atoms with Gasteiger partial charge in [-0.05, 0) is 78.4 Å². The van der Waals surface area contributed by atoms with E-state index >= 15 is 0 Å². The van der Waals surface area contributed by atoms with E-state index in [1.165, 1.54) is 0 Å². The number of fused-ring (bicyclic) bond motifs is 1. The Morgan fingerprint density at radius 1 is 0.667 bits per heavy atom. The standard InChI is InChI=1S/C33H31NO2S3/c1-23-12-18-28(19-13-23)38(35)31-11-7-6-10-30(31)33(37-3)32(34-39(36)29-20-14-24(2)15-21-29)27-17-16-25-8-4-5-9-26(25)22-27/h4-22,32-34H,1-3H3/t32-,33+,38?,39?/m1/s1. The van der Waals surface area contributed by atoms with Crippen molar-refractivity contribution >= 4 is 44.3 Å². The van der Waals surface area contributed by atoms with Crippen molar-refractivity contribution in [3.8, 4) is 0 Å². The van der Waals surface area contributed by atoms with Crippen molar-refractivity contribution in [3.63, 3.8) is 0 Å². The maximum Gasteiger partial charge on any atom is 0.125 e. The van der Waals surface area contributed by atoms with Crippen molar-refractivity contribution < 1.29 is 8.42 Å². The van der Waals surface area contributed by atoms with Gasteiger partial charge in [-0.3, -0.25) is 0 Å². The highest BCUT2D eigenvalue weighted by Gasteiger charge is 2.29. The van der Waals surface area contributed by atoms with Crippen molar-refractivity contribution in [2.24, 2.45) is 0 Å². The quantitative estimate of drug-likeness (QED) is 0.195. The van der Waals surface area contributed by atoms with E-state index in [2.05, 4.69) is 41.3 Å². The molecule has 5 aromatic rings. The Labute approximate surface area is 240 Å². The average Bonchev–Trinajstić information content (AvgIpc) is 2.97. The van der Waals surface area contributed by atoms with Gasteiger partial charge in [-0.15, -0.1) is 0 Å². The molecule has 198 valence electrons. The van der Waals surface area contributed by atoms with Crippen LogP contribution >= 0.6 is 11.8 Å². The summed E-state index contributed by atoms with van der Waals surface area (Å²) in [5.74, 6) is 0. The van der Waals surface area contributed by atoms with Crippen molar-refractivity contribution in [2.45, 2.75) is 39.8 Å². The molecular weight excluding hydrogens is 539 g/mol. The monoisotopic (exact) mass is 569 g/mol. The van der Waals surface area contributed by atoms with Crippen LogP contribution in [-0.2, 0) is 21.8 Å². The molecule has 39 heavy (non-hydrogen) atoms. The fourth-order valence-electron chi connectivity index (χ4n) is 4.67. The summed E-state index contributed by atoms with van der Waals surface area (Å²) < 4.78 is 30.9. The Bertz CT molecular complexity index is 1630. The predicted molar refractivity (Wildman–Crippen MR) is 166 cm³/mol. The molecule has 0 aliphatic heterocycles. The number of aryl methyl sites for hydroxylation is 2. The van der Waals surface area contributed by atoms with Crippen LogP contribution in [0.5, 0.6) is 0 Å². The lowest BCUT2D eigenvalue weighted by Gasteiger charge is -2.29. The second kappa shape index (κ2) is 12.4. The molecule has 0 fully saturated rings. The molecule has 5 aromatic carbocycles. The molecule has 1 N–H and O–H groups in total. The molecule has 0 bridgehead atoms. The van der Waals surface area contributed by atoms with Gasteiger partial charge in [0.1, 0.15) is 11.0 Å². The Kier molecular flexibility index (Phi) is 8.78. The Morgan fingerprint density at radius 2 is 1.26 bits per heavy atom. The number of thioether (sulfide) groups is 1. The largest absolute Gasteiger partial charge is 0.249 e. The van der Waals surface area contributed by atoms with E-state index in [0.717, 1.165) is 47.7 Å². The second-order valence-electron chi connectivity index (χ2n) is 9.56. The minimum atomic E-state index is -1.45. The smallest absolute Gasteiger partial charge is 0.125 e. The summed E-state index contributed by atoms with van der Waals surface area (Å²) in [5.41, 5.74) is 4.25. The third-order valence-electron chi connectivity index (χ3n) is 6.82. The Morgan fingerprint density at radius 3 is 1.92 bits per heavy atom. The van der Waals surface area contributed by atoms with Gasteiger partial charge in [-0.2, -0.15) is 11.8 Å². The van der Waals surface area contributed by atoms with Crippen molar-refractivity contribution in [1.82, 2.24) is 4.72 Å². The number of rotatable bonds is 9. The van der Waals surface area contributed by atoms with Crippen LogP contribution in [0.4, 0.5) is 0 Å². The van der Waals surface area contributed by atoms with Gasteiger partial charge in [-0.25, -0.2) is 13.1 Å². The molecule has 5 rings (SSSR count). The Hall–Kier alpha value is -3.03. The fourth-order valence-corrected chi connectivity index (χ4v) is 8.06. The number of nitrogens with one attached hydrogen (secondary N) is 1. The first kappa shape index (κ1) is 27.5. The van der Waals surface area contributed by atoms with Crippen LogP contribution in [0.25, 0.3) is 10.8 Å². The van der Waals surface area contributed by atoms with E-state index in [1.54, 1.807) is 11.8 Å². The van der Waals surface area contributed by atoms with E-state index in [1.807, 2.05) is 98.8 Å². The molecule has 0 aromatic heterocycles. The molecule has 0 spiro atoms. The zero-order chi connectivity index (χ0) is 27.4. The highest BCUT2D eigenvalue weighted by Crippen LogP contribution is 2.43. The zero-order valence-corrected chi connectivity index (χ0v) is 24.6. The van der Waals surface area contributed by atoms with Crippen LogP contribution in [0.15, 0.2) is 130 Å². The summed E-state index contributed by atoms with van der Waals surface area (Å²) >= 11 is 1.67. The normalized spacial score (nSPS) is 14.5. The first-order valence-corrected chi connectivity index (χ1v) is 16.4. The first-order chi connectivity index (χ1) is 18.9. The molecule has 0 heterocycles. The summed E-state index contributed by atoms with van der Waals surface area (Å²) in [6.45, 7) is 4.05. The van der Waals surface area contributed by atoms with Crippen LogP contribution < -0.4 is 4.72 Å². The lowest BCUT2D eigenvalue weighted by atomic mass is 9.96. The summed E-state index contributed by atoms with van der Waals surface area (Å²) in [7, 11) is -2.80. The predicted octanol–water partition coefficient (Wildman–Crippen LogP) is 8.08. The molecule has 0 aliphatic carbocycles. The molecule has 0 radical (unpaired) electrons. The van der Waals surface area contributed by atoms with Gasteiger partial charge in [0.05, 0.1) is 27.0 Å². The summed E-state index contributed by atoms with van der Waals surface area (Å²) in [4.78, 5) is 2.27. The Balaban J connectivity index is 1.59. The molecule has 0 saturated carbocycles. The van der Waals surface area contributed by atoms with E-state index in [0.29, 0.717) is 0 Å². The summed E-state index contributed by atoms with van der Waals surface area (Å²) in [6.07, 6.45) is 2.06. The van der Waals surface area contributed by atoms with Crippen molar-refractivity contribution in [3.05, 3.63) is 138 Å². The van der Waals surface area contributed by atoms with Gasteiger partial charge in [0.2, 0.25) is 0 Å². The van der Waals surface area contributed by atoms with Gasteiger partial charge in [0.25, 0.3) is 0 Å². The highest BCUT2D eigenvalue weighted by molar-refractivity contribution is 7.99. The van der Waals surface area contributed by atoms with Crippen LogP contribution in [0, 0.1) is 13.8 Å². The number of benzene rings is 5. The van der Waals surface area contributed by atoms with E-state index < -0.39 is 21.8 Å². The maximum atomic E-state index is 13.8. The molecule has 0 aliphatic rings. The maximum absolute atomic E-state index is 13.8. The second-order valence-corrected chi connectivity index (χ2v) is 13.2. The third-order valence-corrected chi connectivity index (χ3v) is 10.5. The molecular formula is C33H31NO2S3. The molecule has 0 amide bonds. The van der Waals surface area contributed by atoms with Gasteiger partial charge in [-0.1, -0.05) is 90.0 Å². The fraction of sp³-hybridized carbons (Fsp3) is 0.152. The van der Waals surface area contributed by atoms with Crippen LogP contribution in [-0.4, -0.2) is 14.7 Å². The molecule has 4 atom stereocenters. The zero-order valence-electron chi connectivity index (χ0n) is 22.2. The van der Waals surface area contributed by atoms with Crippen molar-refractivity contribution in [2.75, 3.05) is 6.26 Å². The summed E-state index contributed by atoms with van der Waals surface area (Å²) in [5, 5.41) is 2.13. The van der Waals surface area contributed by atoms with Gasteiger partial charge in [0, 0.05) is 9.79 Å². The van der Waals surface area contributed by atoms with E-state index in [9.17, 15) is 8.42 Å². The lowest BCUT2D eigenvalue weighted by Crippen LogP contribution is -2.28. The van der Waals surface area contributed by atoms with Crippen LogP contribution in [0.1, 0.15) is 33.5 Å². The molecule has 2 unspecified atom stereocenters. The van der Waals surface area contributed by atoms with Gasteiger partial charge < -0.3 is 0 Å². The van der Waals surface area contributed by atoms with Crippen LogP contribution in [0.2, 0.25) is 0 Å². The van der Waals surface area contributed by atoms with E-state index in [4.69, 9.17) is 0 Å². The topological polar surface area (TPSA) is 46.2 Å². The highest BCUT2D eigenvalue weighted by atomic mass is 32.2. The van der Waals surface area contributed by atoms with Crippen molar-refractivity contribution in [1.29, 1.82) is 0 Å². The minimum absolute atomic E-state index is 0.147. The lowest BCUT2D eigenvalue weighted by molar-refractivity contribution is 0.613. The minimum Gasteiger partial charge on any atom is -0.249 e. The first-order valence-electron chi connectivity index (χ1n) is 12.8. The molecule has 0 saturated heterocycles. The van der Waals surface area contributed by atoms with Crippen LogP contribution in [0.3, 0.4) is 0 Å². The molecule has 3 nitrogen and oxygen atoms in total. The van der Waals surface area contributed by atoms with Gasteiger partial charge in [0.15, 0.2) is 0 Å². The third kappa shape index (κ3) is 6.25. The summed E-state index contributed by atoms with van der Waals surface area (Å²) in [6, 6.07) is 37.9. The SMILES string of the molecule is CS[C@@H](c1ccccc1S(=O)c1ccc(C)cc1)[C@H](NS(=O)c1ccc(C)cc1)c1ccc2ccccc2c1.